The highest BCUT2D eigenvalue weighted by molar-refractivity contribution is 6.31. The molecule has 5 heteroatoms. The van der Waals surface area contributed by atoms with E-state index in [1.54, 1.807) is 18.2 Å². The number of ketones is 1. The van der Waals surface area contributed by atoms with Gasteiger partial charge in [-0.05, 0) is 19.1 Å². The van der Waals surface area contributed by atoms with Crippen molar-refractivity contribution in [2.75, 3.05) is 5.32 Å². The predicted octanol–water partition coefficient (Wildman–Crippen LogP) is 1.46. The lowest BCUT2D eigenvalue weighted by molar-refractivity contribution is -0.139. The van der Waals surface area contributed by atoms with Gasteiger partial charge in [0.05, 0.1) is 0 Å². The summed E-state index contributed by atoms with van der Waals surface area (Å²) in [4.78, 5) is 22.7. The summed E-state index contributed by atoms with van der Waals surface area (Å²) in [5.41, 5.74) is -0.899. The zero-order chi connectivity index (χ0) is 11.9. The Labute approximate surface area is 97.2 Å². The summed E-state index contributed by atoms with van der Waals surface area (Å²) in [6.07, 6.45) is -0.229. The average molecular weight is 240 g/mol. The fourth-order valence-corrected chi connectivity index (χ4v) is 2.04. The normalized spacial score (nSPS) is 22.8. The van der Waals surface area contributed by atoms with E-state index >= 15 is 0 Å². The van der Waals surface area contributed by atoms with Crippen LogP contribution in [0, 0.1) is 0 Å². The molecule has 1 aromatic rings. The third-order valence-corrected chi connectivity index (χ3v) is 2.79. The summed E-state index contributed by atoms with van der Waals surface area (Å²) in [6.45, 7) is 1.33. The van der Waals surface area contributed by atoms with Crippen molar-refractivity contribution in [1.29, 1.82) is 0 Å². The Balaban J connectivity index is 2.51. The van der Waals surface area contributed by atoms with Gasteiger partial charge in [0.2, 0.25) is 0 Å². The van der Waals surface area contributed by atoms with Crippen LogP contribution in [-0.4, -0.2) is 16.8 Å². The Morgan fingerprint density at radius 3 is 2.88 bits per heavy atom. The lowest BCUT2D eigenvalue weighted by Crippen LogP contribution is -2.35. The first-order valence-electron chi connectivity index (χ1n) is 4.77. The summed E-state index contributed by atoms with van der Waals surface area (Å²) >= 11 is 5.77. The summed E-state index contributed by atoms with van der Waals surface area (Å²) in [5, 5.41) is 13.2. The predicted molar refractivity (Wildman–Crippen MR) is 59.3 cm³/mol. The van der Waals surface area contributed by atoms with E-state index in [-0.39, 0.29) is 12.2 Å². The Hall–Kier alpha value is -1.39. The third kappa shape index (κ3) is 1.60. The average Bonchev–Trinajstić information content (AvgIpc) is 2.37. The largest absolute Gasteiger partial charge is 0.375 e. The molecule has 1 unspecified atom stereocenters. The van der Waals surface area contributed by atoms with Crippen LogP contribution in [0.25, 0.3) is 0 Å². The van der Waals surface area contributed by atoms with Gasteiger partial charge in [-0.15, -0.1) is 0 Å². The highest BCUT2D eigenvalue weighted by atomic mass is 35.5. The lowest BCUT2D eigenvalue weighted by Gasteiger charge is -2.18. The van der Waals surface area contributed by atoms with E-state index in [1.165, 1.54) is 6.92 Å². The quantitative estimate of drug-likeness (QED) is 0.821. The second-order valence-electron chi connectivity index (χ2n) is 3.88. The number of benzene rings is 1. The van der Waals surface area contributed by atoms with Crippen LogP contribution < -0.4 is 5.32 Å². The first kappa shape index (κ1) is 11.1. The zero-order valence-corrected chi connectivity index (χ0v) is 9.34. The minimum absolute atomic E-state index is 0.229. The van der Waals surface area contributed by atoms with Gasteiger partial charge in [0.15, 0.2) is 5.60 Å². The van der Waals surface area contributed by atoms with Crippen molar-refractivity contribution in [3.63, 3.8) is 0 Å². The number of amides is 1. The molecule has 0 saturated heterocycles. The van der Waals surface area contributed by atoms with Gasteiger partial charge in [-0.25, -0.2) is 0 Å². The highest BCUT2D eigenvalue weighted by Gasteiger charge is 2.45. The second kappa shape index (κ2) is 3.57. The van der Waals surface area contributed by atoms with Crippen LogP contribution in [0.2, 0.25) is 5.02 Å². The molecule has 0 aromatic heterocycles. The molecule has 4 nitrogen and oxygen atoms in total. The number of nitrogens with one attached hydrogen (secondary N) is 1. The molecule has 0 aliphatic carbocycles. The fraction of sp³-hybridized carbons (Fsp3) is 0.273. The molecule has 2 rings (SSSR count). The fourth-order valence-electron chi connectivity index (χ4n) is 1.86. The molecule has 0 fully saturated rings. The molecular formula is C11H10ClNO3. The molecule has 0 radical (unpaired) electrons. The van der Waals surface area contributed by atoms with E-state index in [0.29, 0.717) is 16.3 Å². The van der Waals surface area contributed by atoms with Crippen LogP contribution in [0.15, 0.2) is 18.2 Å². The zero-order valence-electron chi connectivity index (χ0n) is 8.58. The Bertz CT molecular complexity index is 486. The number of halogens is 1. The smallest absolute Gasteiger partial charge is 0.261 e. The van der Waals surface area contributed by atoms with Gasteiger partial charge < -0.3 is 10.4 Å². The highest BCUT2D eigenvalue weighted by Crippen LogP contribution is 2.39. The van der Waals surface area contributed by atoms with Crippen molar-refractivity contribution < 1.29 is 14.7 Å². The molecular weight excluding hydrogens is 230 g/mol. The standard InChI is InChI=1S/C11H10ClNO3/c1-6(14)5-11(16)8-3-2-7(12)4-9(8)13-10(11)15/h2-4,16H,5H2,1H3,(H,13,15). The number of carbonyl (C=O) groups is 2. The lowest BCUT2D eigenvalue weighted by atomic mass is 9.90. The van der Waals surface area contributed by atoms with Crippen molar-refractivity contribution in [2.24, 2.45) is 0 Å². The van der Waals surface area contributed by atoms with Gasteiger partial charge in [-0.2, -0.15) is 0 Å². The SMILES string of the molecule is CC(=O)CC1(O)C(=O)Nc2cc(Cl)ccc21. The van der Waals surface area contributed by atoms with Crippen LogP contribution in [-0.2, 0) is 15.2 Å². The maximum absolute atomic E-state index is 11.6. The van der Waals surface area contributed by atoms with Gasteiger partial charge in [-0.1, -0.05) is 17.7 Å². The van der Waals surface area contributed by atoms with Crippen LogP contribution in [0.5, 0.6) is 0 Å². The number of fused-ring (bicyclic) bond motifs is 1. The number of hydrogen-bond donors (Lipinski definition) is 2. The van der Waals surface area contributed by atoms with Crippen molar-refractivity contribution in [3.05, 3.63) is 28.8 Å². The van der Waals surface area contributed by atoms with E-state index in [9.17, 15) is 14.7 Å². The van der Waals surface area contributed by atoms with E-state index in [4.69, 9.17) is 11.6 Å². The number of aliphatic hydroxyl groups is 1. The molecule has 1 atom stereocenters. The maximum Gasteiger partial charge on any atom is 0.261 e. The third-order valence-electron chi connectivity index (χ3n) is 2.56. The number of Topliss-reactive ketones (excluding diaryl/α,β-unsaturated/α-hetero) is 1. The molecule has 2 N–H and O–H groups in total. The van der Waals surface area contributed by atoms with Crippen LogP contribution >= 0.6 is 11.6 Å². The minimum atomic E-state index is -1.76. The summed E-state index contributed by atoms with van der Waals surface area (Å²) in [7, 11) is 0. The van der Waals surface area contributed by atoms with Gasteiger partial charge in [0.25, 0.3) is 5.91 Å². The number of hydrogen-bond acceptors (Lipinski definition) is 3. The molecule has 0 spiro atoms. The Morgan fingerprint density at radius 1 is 1.56 bits per heavy atom. The summed E-state index contributed by atoms with van der Waals surface area (Å²) in [6, 6.07) is 4.68. The van der Waals surface area contributed by atoms with E-state index < -0.39 is 11.5 Å². The minimum Gasteiger partial charge on any atom is -0.375 e. The number of rotatable bonds is 2. The van der Waals surface area contributed by atoms with Crippen molar-refractivity contribution >= 4 is 29.0 Å². The van der Waals surface area contributed by atoms with Crippen molar-refractivity contribution in [3.8, 4) is 0 Å². The van der Waals surface area contributed by atoms with Crippen LogP contribution in [0.1, 0.15) is 18.9 Å². The first-order valence-corrected chi connectivity index (χ1v) is 5.14. The van der Waals surface area contributed by atoms with Crippen LogP contribution in [0.4, 0.5) is 5.69 Å². The van der Waals surface area contributed by atoms with E-state index in [1.807, 2.05) is 0 Å². The molecule has 16 heavy (non-hydrogen) atoms. The second-order valence-corrected chi connectivity index (χ2v) is 4.32. The van der Waals surface area contributed by atoms with Crippen molar-refractivity contribution in [2.45, 2.75) is 18.9 Å². The Kier molecular flexibility index (Phi) is 2.48. The maximum atomic E-state index is 11.6. The molecule has 84 valence electrons. The van der Waals surface area contributed by atoms with Gasteiger partial charge in [0, 0.05) is 22.7 Å². The molecule has 1 heterocycles. The molecule has 1 aromatic carbocycles. The molecule has 0 saturated carbocycles. The summed E-state index contributed by atoms with van der Waals surface area (Å²) in [5.74, 6) is -0.833. The number of anilines is 1. The molecule has 1 amide bonds. The Morgan fingerprint density at radius 2 is 2.25 bits per heavy atom. The monoisotopic (exact) mass is 239 g/mol. The van der Waals surface area contributed by atoms with Gasteiger partial charge in [-0.3, -0.25) is 9.59 Å². The topological polar surface area (TPSA) is 66.4 Å². The van der Waals surface area contributed by atoms with Crippen molar-refractivity contribution in [1.82, 2.24) is 0 Å². The summed E-state index contributed by atoms with van der Waals surface area (Å²) < 4.78 is 0. The van der Waals surface area contributed by atoms with Gasteiger partial charge in [0.1, 0.15) is 5.78 Å². The molecule has 1 aliphatic rings. The van der Waals surface area contributed by atoms with E-state index in [2.05, 4.69) is 5.32 Å². The van der Waals surface area contributed by atoms with Crippen LogP contribution in [0.3, 0.4) is 0 Å². The molecule has 1 aliphatic heterocycles. The molecule has 0 bridgehead atoms. The van der Waals surface area contributed by atoms with Gasteiger partial charge >= 0.3 is 0 Å². The number of carbonyl (C=O) groups excluding carboxylic acids is 2. The van der Waals surface area contributed by atoms with E-state index in [0.717, 1.165) is 0 Å². The first-order chi connectivity index (χ1) is 7.43.